The number of furan rings is 1. The van der Waals surface area contributed by atoms with Crippen LogP contribution in [0, 0.1) is 13.8 Å². The fourth-order valence-electron chi connectivity index (χ4n) is 4.14. The van der Waals surface area contributed by atoms with Gasteiger partial charge < -0.3 is 19.0 Å². The quantitative estimate of drug-likeness (QED) is 0.829. The number of hydrogen-bond acceptors (Lipinski definition) is 5. The fraction of sp³-hybridized carbons (Fsp3) is 0.500. The number of aromatic nitrogens is 1. The van der Waals surface area contributed by atoms with Crippen LogP contribution < -0.4 is 4.90 Å². The number of amides is 1. The van der Waals surface area contributed by atoms with Crippen molar-refractivity contribution in [2.75, 3.05) is 31.1 Å². The molecule has 0 aliphatic carbocycles. The summed E-state index contributed by atoms with van der Waals surface area (Å²) >= 11 is 0. The molecule has 2 atom stereocenters. The lowest BCUT2D eigenvalue weighted by molar-refractivity contribution is 0.00907. The van der Waals surface area contributed by atoms with Gasteiger partial charge in [-0.3, -0.25) is 9.78 Å². The highest BCUT2D eigenvalue weighted by molar-refractivity contribution is 5.95. The minimum atomic E-state index is 0.0610. The van der Waals surface area contributed by atoms with E-state index in [4.69, 9.17) is 9.15 Å². The zero-order valence-corrected chi connectivity index (χ0v) is 15.4. The summed E-state index contributed by atoms with van der Waals surface area (Å²) in [4.78, 5) is 21.5. The van der Waals surface area contributed by atoms with Crippen LogP contribution in [0.3, 0.4) is 0 Å². The third-order valence-corrected chi connectivity index (χ3v) is 5.41. The molecular formula is C20H25N3O3. The minimum absolute atomic E-state index is 0.0610. The largest absolute Gasteiger partial charge is 0.466 e. The Morgan fingerprint density at radius 3 is 2.81 bits per heavy atom. The molecule has 0 bridgehead atoms. The van der Waals surface area contributed by atoms with Crippen molar-refractivity contribution in [3.05, 3.63) is 47.7 Å². The Balaban J connectivity index is 1.52. The van der Waals surface area contributed by atoms with Gasteiger partial charge >= 0.3 is 0 Å². The third-order valence-electron chi connectivity index (χ3n) is 5.41. The maximum absolute atomic E-state index is 12.9. The number of ether oxygens (including phenoxy) is 1. The number of anilines is 1. The Hall–Kier alpha value is -2.34. The number of carbonyl (C=O) groups excluding carboxylic acids is 1. The molecule has 2 fully saturated rings. The summed E-state index contributed by atoms with van der Waals surface area (Å²) in [5, 5.41) is 0. The molecule has 0 radical (unpaired) electrons. The number of carbonyl (C=O) groups is 1. The summed E-state index contributed by atoms with van der Waals surface area (Å²) in [7, 11) is 0. The molecule has 2 aromatic rings. The van der Waals surface area contributed by atoms with E-state index in [1.54, 1.807) is 6.20 Å². The van der Waals surface area contributed by atoms with Crippen LogP contribution in [0.1, 0.15) is 34.7 Å². The van der Waals surface area contributed by atoms with Crippen molar-refractivity contribution in [1.82, 2.24) is 9.88 Å². The Morgan fingerprint density at radius 2 is 2.08 bits per heavy atom. The summed E-state index contributed by atoms with van der Waals surface area (Å²) in [5.41, 5.74) is 1.81. The molecule has 0 aromatic carbocycles. The van der Waals surface area contributed by atoms with E-state index in [0.29, 0.717) is 24.5 Å². The lowest BCUT2D eigenvalue weighted by atomic mass is 10.0. The van der Waals surface area contributed by atoms with Gasteiger partial charge in [0.15, 0.2) is 0 Å². The molecule has 26 heavy (non-hydrogen) atoms. The number of morpholine rings is 1. The molecule has 0 spiro atoms. The molecule has 2 saturated heterocycles. The number of nitrogens with zero attached hydrogens (tertiary/aromatic N) is 3. The van der Waals surface area contributed by atoms with E-state index < -0.39 is 0 Å². The van der Waals surface area contributed by atoms with E-state index >= 15 is 0 Å². The van der Waals surface area contributed by atoms with Gasteiger partial charge in [0, 0.05) is 25.8 Å². The summed E-state index contributed by atoms with van der Waals surface area (Å²) in [6.07, 6.45) is 5.59. The highest BCUT2D eigenvalue weighted by Crippen LogP contribution is 2.29. The van der Waals surface area contributed by atoms with Gasteiger partial charge in [0.1, 0.15) is 11.5 Å². The van der Waals surface area contributed by atoms with Crippen LogP contribution in [0.4, 0.5) is 5.69 Å². The molecule has 138 valence electrons. The molecule has 0 saturated carbocycles. The number of hydrogen-bond donors (Lipinski definition) is 0. The number of likely N-dealkylation sites (tertiary alicyclic amines) is 1. The Labute approximate surface area is 153 Å². The van der Waals surface area contributed by atoms with Crippen molar-refractivity contribution in [2.45, 2.75) is 38.8 Å². The molecular weight excluding hydrogens is 330 g/mol. The predicted octanol–water partition coefficient (Wildman–Crippen LogP) is 2.80. The second-order valence-corrected chi connectivity index (χ2v) is 7.08. The molecule has 2 aliphatic heterocycles. The summed E-state index contributed by atoms with van der Waals surface area (Å²) in [6.45, 7) is 6.74. The van der Waals surface area contributed by atoms with Crippen LogP contribution in [0.15, 0.2) is 35.0 Å². The van der Waals surface area contributed by atoms with Gasteiger partial charge in [-0.25, -0.2) is 0 Å². The smallest absolute Gasteiger partial charge is 0.257 e. The zero-order chi connectivity index (χ0) is 18.1. The van der Waals surface area contributed by atoms with Gasteiger partial charge in [0.05, 0.1) is 36.2 Å². The van der Waals surface area contributed by atoms with Crippen molar-refractivity contribution in [2.24, 2.45) is 0 Å². The van der Waals surface area contributed by atoms with E-state index in [9.17, 15) is 4.79 Å². The lowest BCUT2D eigenvalue weighted by Crippen LogP contribution is -2.51. The molecule has 4 heterocycles. The standard InChI is InChI=1S/C20H25N3O3/c1-14-12-17(15(2)26-14)20(24)22-8-5-18-19(6-9-22)25-11-10-23(18)16-4-3-7-21-13-16/h3-4,7,12-13,18-19H,5-6,8-11H2,1-2H3/t18-,19+/m0/s1. The zero-order valence-electron chi connectivity index (χ0n) is 15.4. The van der Waals surface area contributed by atoms with Gasteiger partial charge in [0.2, 0.25) is 0 Å². The Bertz CT molecular complexity index is 774. The monoisotopic (exact) mass is 355 g/mol. The second-order valence-electron chi connectivity index (χ2n) is 7.08. The van der Waals surface area contributed by atoms with Gasteiger partial charge in [-0.1, -0.05) is 0 Å². The predicted molar refractivity (Wildman–Crippen MR) is 98.4 cm³/mol. The van der Waals surface area contributed by atoms with E-state index in [1.807, 2.05) is 37.1 Å². The molecule has 0 unspecified atom stereocenters. The molecule has 1 amide bonds. The number of rotatable bonds is 2. The molecule has 2 aliphatic rings. The highest BCUT2D eigenvalue weighted by atomic mass is 16.5. The van der Waals surface area contributed by atoms with Crippen LogP contribution in [0.25, 0.3) is 0 Å². The van der Waals surface area contributed by atoms with E-state index in [2.05, 4.69) is 16.0 Å². The first kappa shape index (κ1) is 17.1. The van der Waals surface area contributed by atoms with Crippen molar-refractivity contribution in [1.29, 1.82) is 0 Å². The summed E-state index contributed by atoms with van der Waals surface area (Å²) < 4.78 is 11.6. The van der Waals surface area contributed by atoms with Crippen LogP contribution in [-0.4, -0.2) is 54.2 Å². The average molecular weight is 355 g/mol. The first-order valence-electron chi connectivity index (χ1n) is 9.28. The van der Waals surface area contributed by atoms with E-state index in [-0.39, 0.29) is 18.1 Å². The van der Waals surface area contributed by atoms with Crippen LogP contribution in [-0.2, 0) is 4.74 Å². The first-order valence-corrected chi connectivity index (χ1v) is 9.28. The highest BCUT2D eigenvalue weighted by Gasteiger charge is 2.36. The fourth-order valence-corrected chi connectivity index (χ4v) is 4.14. The normalized spacial score (nSPS) is 23.5. The lowest BCUT2D eigenvalue weighted by Gasteiger charge is -2.41. The van der Waals surface area contributed by atoms with Crippen molar-refractivity contribution >= 4 is 11.6 Å². The van der Waals surface area contributed by atoms with Crippen molar-refractivity contribution < 1.29 is 13.9 Å². The number of fused-ring (bicyclic) bond motifs is 1. The van der Waals surface area contributed by atoms with Crippen LogP contribution in [0.5, 0.6) is 0 Å². The molecule has 6 heteroatoms. The van der Waals surface area contributed by atoms with Gasteiger partial charge in [0.25, 0.3) is 5.91 Å². The van der Waals surface area contributed by atoms with Gasteiger partial charge in [-0.2, -0.15) is 0 Å². The number of aryl methyl sites for hydroxylation is 2. The van der Waals surface area contributed by atoms with E-state index in [1.165, 1.54) is 0 Å². The Morgan fingerprint density at radius 1 is 1.23 bits per heavy atom. The van der Waals surface area contributed by atoms with Crippen LogP contribution >= 0.6 is 0 Å². The maximum Gasteiger partial charge on any atom is 0.257 e. The summed E-state index contributed by atoms with van der Waals surface area (Å²) in [5.74, 6) is 1.54. The topological polar surface area (TPSA) is 58.8 Å². The van der Waals surface area contributed by atoms with Crippen molar-refractivity contribution in [3.8, 4) is 0 Å². The molecule has 6 nitrogen and oxygen atoms in total. The van der Waals surface area contributed by atoms with Gasteiger partial charge in [-0.05, 0) is 44.9 Å². The molecule has 0 N–H and O–H groups in total. The van der Waals surface area contributed by atoms with Crippen molar-refractivity contribution in [3.63, 3.8) is 0 Å². The second kappa shape index (κ2) is 7.11. The van der Waals surface area contributed by atoms with Gasteiger partial charge in [-0.15, -0.1) is 0 Å². The first-order chi connectivity index (χ1) is 12.6. The molecule has 4 rings (SSSR count). The molecule has 2 aromatic heterocycles. The maximum atomic E-state index is 12.9. The van der Waals surface area contributed by atoms with Crippen LogP contribution in [0.2, 0.25) is 0 Å². The third kappa shape index (κ3) is 3.21. The Kier molecular flexibility index (Phi) is 4.68. The average Bonchev–Trinajstić information content (AvgIpc) is 2.87. The van der Waals surface area contributed by atoms with E-state index in [0.717, 1.165) is 37.4 Å². The number of pyridine rings is 1. The summed E-state index contributed by atoms with van der Waals surface area (Å²) in [6, 6.07) is 6.18. The minimum Gasteiger partial charge on any atom is -0.466 e. The SMILES string of the molecule is Cc1cc(C(=O)N2CC[C@H]3OCCN(c4cccnc4)[C@H]3CC2)c(C)o1.